The largest absolute Gasteiger partial charge is 0.350 e. The Hall–Kier alpha value is -1.14. The highest BCUT2D eigenvalue weighted by Gasteiger charge is 2.09. The van der Waals surface area contributed by atoms with E-state index in [1.54, 1.807) is 4.52 Å². The van der Waals surface area contributed by atoms with Crippen LogP contribution in [-0.2, 0) is 0 Å². The maximum absolute atomic E-state index is 4.51. The predicted octanol–water partition coefficient (Wildman–Crippen LogP) is 3.41. The van der Waals surface area contributed by atoms with Crippen molar-refractivity contribution < 1.29 is 0 Å². The molecule has 0 amide bonds. The second-order valence-electron chi connectivity index (χ2n) is 5.27. The number of hydrogen-bond donors (Lipinski definition) is 1. The lowest BCUT2D eigenvalue weighted by Gasteiger charge is -2.19. The molecule has 1 atom stereocenters. The first-order valence-corrected chi connectivity index (χ1v) is 8.43. The molecule has 5 nitrogen and oxygen atoms in total. The van der Waals surface area contributed by atoms with Crippen molar-refractivity contribution in [1.82, 2.24) is 19.5 Å². The lowest BCUT2D eigenvalue weighted by Crippen LogP contribution is -2.25. The summed E-state index contributed by atoms with van der Waals surface area (Å²) in [5.74, 6) is 0.692. The molecule has 0 aliphatic heterocycles. The van der Waals surface area contributed by atoms with Crippen LogP contribution < -0.4 is 5.32 Å². The van der Waals surface area contributed by atoms with E-state index in [2.05, 4.69) is 57.0 Å². The van der Waals surface area contributed by atoms with Crippen molar-refractivity contribution in [2.45, 2.75) is 39.7 Å². The SMILES string of the molecule is CCN(CC)CCCC(C)Nc1nc2c(Br)cccn2n1. The van der Waals surface area contributed by atoms with Crippen LogP contribution in [0, 0.1) is 0 Å². The molecular formula is C15H24BrN5. The first-order chi connectivity index (χ1) is 10.1. The fourth-order valence-corrected chi connectivity index (χ4v) is 2.81. The third kappa shape index (κ3) is 4.41. The summed E-state index contributed by atoms with van der Waals surface area (Å²) < 4.78 is 2.74. The van der Waals surface area contributed by atoms with Gasteiger partial charge in [-0.3, -0.25) is 0 Å². The van der Waals surface area contributed by atoms with Crippen molar-refractivity contribution in [3.63, 3.8) is 0 Å². The molecule has 0 fully saturated rings. The molecule has 0 saturated carbocycles. The minimum atomic E-state index is 0.372. The number of nitrogens with one attached hydrogen (secondary N) is 1. The molecule has 0 bridgehead atoms. The smallest absolute Gasteiger partial charge is 0.243 e. The van der Waals surface area contributed by atoms with Gasteiger partial charge in [-0.2, -0.15) is 4.98 Å². The van der Waals surface area contributed by atoms with E-state index in [4.69, 9.17) is 0 Å². The van der Waals surface area contributed by atoms with Crippen LogP contribution in [0.4, 0.5) is 5.95 Å². The molecule has 0 aliphatic carbocycles. The number of aromatic nitrogens is 3. The van der Waals surface area contributed by atoms with Gasteiger partial charge in [0.1, 0.15) is 0 Å². The molecule has 0 aliphatic rings. The summed E-state index contributed by atoms with van der Waals surface area (Å²) in [7, 11) is 0. The second-order valence-corrected chi connectivity index (χ2v) is 6.13. The number of halogens is 1. The minimum absolute atomic E-state index is 0.372. The molecule has 0 spiro atoms. The van der Waals surface area contributed by atoms with Gasteiger partial charge in [-0.15, -0.1) is 5.10 Å². The Bertz CT molecular complexity index is 564. The predicted molar refractivity (Wildman–Crippen MR) is 90.8 cm³/mol. The van der Waals surface area contributed by atoms with Gasteiger partial charge < -0.3 is 10.2 Å². The zero-order chi connectivity index (χ0) is 15.2. The summed E-state index contributed by atoms with van der Waals surface area (Å²) in [4.78, 5) is 6.96. The number of fused-ring (bicyclic) bond motifs is 1. The standard InChI is InChI=1S/C15H24BrN5/c1-4-20(5-2)10-6-8-12(3)17-15-18-14-13(16)9-7-11-21(14)19-15/h7,9,11-12H,4-6,8,10H2,1-3H3,(H,17,19). The molecule has 2 aromatic heterocycles. The Morgan fingerprint density at radius 2 is 2.14 bits per heavy atom. The molecule has 0 radical (unpaired) electrons. The number of pyridine rings is 1. The highest BCUT2D eigenvalue weighted by Crippen LogP contribution is 2.17. The quantitative estimate of drug-likeness (QED) is 0.789. The molecule has 6 heteroatoms. The van der Waals surface area contributed by atoms with Crippen LogP contribution in [0.5, 0.6) is 0 Å². The summed E-state index contributed by atoms with van der Waals surface area (Å²) in [5.41, 5.74) is 0.843. The number of anilines is 1. The van der Waals surface area contributed by atoms with Crippen LogP contribution in [0.15, 0.2) is 22.8 Å². The van der Waals surface area contributed by atoms with E-state index in [9.17, 15) is 0 Å². The first-order valence-electron chi connectivity index (χ1n) is 7.63. The maximum Gasteiger partial charge on any atom is 0.243 e. The highest BCUT2D eigenvalue weighted by atomic mass is 79.9. The van der Waals surface area contributed by atoms with Gasteiger partial charge in [0.2, 0.25) is 5.95 Å². The van der Waals surface area contributed by atoms with Crippen molar-refractivity contribution in [1.29, 1.82) is 0 Å². The van der Waals surface area contributed by atoms with Crippen molar-refractivity contribution >= 4 is 27.5 Å². The molecule has 21 heavy (non-hydrogen) atoms. The molecule has 1 unspecified atom stereocenters. The van der Waals surface area contributed by atoms with Crippen LogP contribution in [-0.4, -0.2) is 45.2 Å². The Balaban J connectivity index is 1.86. The van der Waals surface area contributed by atoms with Gasteiger partial charge in [-0.25, -0.2) is 4.52 Å². The number of nitrogens with zero attached hydrogens (tertiary/aromatic N) is 4. The van der Waals surface area contributed by atoms with Gasteiger partial charge in [0, 0.05) is 12.2 Å². The molecule has 2 heterocycles. The summed E-state index contributed by atoms with van der Waals surface area (Å²) in [6.45, 7) is 10.0. The van der Waals surface area contributed by atoms with E-state index in [-0.39, 0.29) is 0 Å². The molecule has 0 saturated heterocycles. The van der Waals surface area contributed by atoms with Crippen LogP contribution >= 0.6 is 15.9 Å². The maximum atomic E-state index is 4.51. The highest BCUT2D eigenvalue weighted by molar-refractivity contribution is 9.10. The third-order valence-electron chi connectivity index (χ3n) is 3.70. The van der Waals surface area contributed by atoms with Gasteiger partial charge >= 0.3 is 0 Å². The Kier molecular flexibility index (Phi) is 5.99. The van der Waals surface area contributed by atoms with Gasteiger partial charge in [0.05, 0.1) is 4.47 Å². The zero-order valence-corrected chi connectivity index (χ0v) is 14.6. The molecule has 2 aromatic rings. The van der Waals surface area contributed by atoms with E-state index in [0.29, 0.717) is 12.0 Å². The molecule has 0 aromatic carbocycles. The Morgan fingerprint density at radius 1 is 1.38 bits per heavy atom. The summed E-state index contributed by atoms with van der Waals surface area (Å²) in [6, 6.07) is 4.29. The summed E-state index contributed by atoms with van der Waals surface area (Å²) in [6.07, 6.45) is 4.21. The molecular weight excluding hydrogens is 330 g/mol. The van der Waals surface area contributed by atoms with E-state index >= 15 is 0 Å². The van der Waals surface area contributed by atoms with Crippen molar-refractivity contribution in [3.05, 3.63) is 22.8 Å². The van der Waals surface area contributed by atoms with Gasteiger partial charge in [-0.1, -0.05) is 13.8 Å². The monoisotopic (exact) mass is 353 g/mol. The van der Waals surface area contributed by atoms with E-state index < -0.39 is 0 Å². The van der Waals surface area contributed by atoms with Gasteiger partial charge in [0.15, 0.2) is 5.65 Å². The lowest BCUT2D eigenvalue weighted by molar-refractivity contribution is 0.295. The zero-order valence-electron chi connectivity index (χ0n) is 13.0. The normalized spacial score (nSPS) is 13.0. The second kappa shape index (κ2) is 7.75. The van der Waals surface area contributed by atoms with Crippen LogP contribution in [0.1, 0.15) is 33.6 Å². The Labute approximate surface area is 134 Å². The lowest BCUT2D eigenvalue weighted by atomic mass is 10.2. The van der Waals surface area contributed by atoms with Crippen molar-refractivity contribution in [3.8, 4) is 0 Å². The topological polar surface area (TPSA) is 45.5 Å². The Morgan fingerprint density at radius 3 is 2.81 bits per heavy atom. The minimum Gasteiger partial charge on any atom is -0.350 e. The summed E-state index contributed by atoms with van der Waals surface area (Å²) in [5, 5.41) is 7.83. The van der Waals surface area contributed by atoms with Crippen LogP contribution in [0.3, 0.4) is 0 Å². The van der Waals surface area contributed by atoms with Crippen molar-refractivity contribution in [2.75, 3.05) is 25.0 Å². The van der Waals surface area contributed by atoms with Gasteiger partial charge in [0.25, 0.3) is 0 Å². The van der Waals surface area contributed by atoms with Crippen LogP contribution in [0.25, 0.3) is 5.65 Å². The number of hydrogen-bond acceptors (Lipinski definition) is 4. The average molecular weight is 354 g/mol. The van der Waals surface area contributed by atoms with E-state index in [1.165, 1.54) is 6.42 Å². The third-order valence-corrected chi connectivity index (χ3v) is 4.32. The average Bonchev–Trinajstić information content (AvgIpc) is 2.87. The molecule has 116 valence electrons. The van der Waals surface area contributed by atoms with Crippen LogP contribution in [0.2, 0.25) is 0 Å². The number of rotatable bonds is 8. The van der Waals surface area contributed by atoms with Crippen molar-refractivity contribution in [2.24, 2.45) is 0 Å². The van der Waals surface area contributed by atoms with Gasteiger partial charge in [-0.05, 0) is 67.5 Å². The first kappa shape index (κ1) is 16.2. The van der Waals surface area contributed by atoms with E-state index in [1.807, 2.05) is 18.3 Å². The fraction of sp³-hybridized carbons (Fsp3) is 0.600. The molecule has 1 N–H and O–H groups in total. The molecule has 2 rings (SSSR count). The summed E-state index contributed by atoms with van der Waals surface area (Å²) >= 11 is 3.49. The fourth-order valence-electron chi connectivity index (χ4n) is 2.39. The van der Waals surface area contributed by atoms with E-state index in [0.717, 1.165) is 36.2 Å².